The molecule has 3 aromatic rings. The van der Waals surface area contributed by atoms with Crippen molar-refractivity contribution < 1.29 is 17.6 Å². The second-order valence-electron chi connectivity index (χ2n) is 7.32. The summed E-state index contributed by atoms with van der Waals surface area (Å²) in [5.41, 5.74) is 0.700. The molecule has 1 saturated heterocycles. The molecule has 0 spiro atoms. The van der Waals surface area contributed by atoms with Crippen LogP contribution in [-0.2, 0) is 9.84 Å². The Morgan fingerprint density at radius 2 is 1.65 bits per heavy atom. The summed E-state index contributed by atoms with van der Waals surface area (Å²) in [4.78, 5) is 8.98. The van der Waals surface area contributed by atoms with Gasteiger partial charge in [-0.3, -0.25) is 0 Å². The van der Waals surface area contributed by atoms with Gasteiger partial charge in [-0.1, -0.05) is 25.1 Å². The van der Waals surface area contributed by atoms with Gasteiger partial charge in [0.2, 0.25) is 26.6 Å². The summed E-state index contributed by atoms with van der Waals surface area (Å²) in [5, 5.41) is -0.0347. The van der Waals surface area contributed by atoms with Crippen LogP contribution in [0.25, 0.3) is 11.5 Å². The second-order valence-corrected chi connectivity index (χ2v) is 9.19. The van der Waals surface area contributed by atoms with Crippen molar-refractivity contribution in [2.75, 3.05) is 44.2 Å². The Hall–Kier alpha value is -2.84. The third-order valence-electron chi connectivity index (χ3n) is 5.41. The van der Waals surface area contributed by atoms with Crippen LogP contribution in [-0.4, -0.2) is 57.6 Å². The number of piperazine rings is 1. The Kier molecular flexibility index (Phi) is 6.29. The van der Waals surface area contributed by atoms with E-state index < -0.39 is 9.84 Å². The number of aromatic nitrogens is 1. The molecule has 2 heterocycles. The Morgan fingerprint density at radius 1 is 0.968 bits per heavy atom. The Morgan fingerprint density at radius 3 is 2.26 bits per heavy atom. The molecule has 0 unspecified atom stereocenters. The predicted octanol–water partition coefficient (Wildman–Crippen LogP) is 3.72. The van der Waals surface area contributed by atoms with Crippen molar-refractivity contribution in [1.29, 1.82) is 0 Å². The third-order valence-corrected chi connectivity index (χ3v) is 7.07. The summed E-state index contributed by atoms with van der Waals surface area (Å²) < 4.78 is 38.4. The molecule has 164 valence electrons. The van der Waals surface area contributed by atoms with Gasteiger partial charge in [-0.05, 0) is 49.9 Å². The smallest absolute Gasteiger partial charge is 0.236 e. The van der Waals surface area contributed by atoms with E-state index in [-0.39, 0.29) is 15.8 Å². The fraction of sp³-hybridized carbons (Fsp3) is 0.348. The molecule has 0 amide bonds. The summed E-state index contributed by atoms with van der Waals surface area (Å²) in [6.07, 6.45) is 0. The number of likely N-dealkylation sites (N-methyl/N-ethyl adjacent to an activating group) is 1. The monoisotopic (exact) mass is 441 g/mol. The van der Waals surface area contributed by atoms with E-state index >= 15 is 0 Å². The average Bonchev–Trinajstić information content (AvgIpc) is 3.27. The van der Waals surface area contributed by atoms with E-state index in [0.717, 1.165) is 25.4 Å². The van der Waals surface area contributed by atoms with E-state index in [9.17, 15) is 8.42 Å². The molecule has 1 aliphatic rings. The van der Waals surface area contributed by atoms with Crippen LogP contribution in [0, 0.1) is 0 Å². The number of oxazole rings is 1. The Bertz CT molecular complexity index is 1100. The summed E-state index contributed by atoms with van der Waals surface area (Å²) in [6.45, 7) is 8.65. The zero-order chi connectivity index (χ0) is 21.8. The third kappa shape index (κ3) is 4.45. The lowest BCUT2D eigenvalue weighted by Gasteiger charge is -2.33. The lowest BCUT2D eigenvalue weighted by molar-refractivity contribution is 0.266. The van der Waals surface area contributed by atoms with Gasteiger partial charge < -0.3 is 19.0 Å². The molecule has 1 aliphatic heterocycles. The molecule has 31 heavy (non-hydrogen) atoms. The van der Waals surface area contributed by atoms with Gasteiger partial charge in [-0.15, -0.1) is 0 Å². The average molecular weight is 442 g/mol. The highest BCUT2D eigenvalue weighted by molar-refractivity contribution is 7.91. The summed E-state index contributed by atoms with van der Waals surface area (Å²) in [5.74, 6) is 1.33. The number of rotatable bonds is 7. The zero-order valence-electron chi connectivity index (χ0n) is 17.8. The SMILES string of the molecule is CCOc1ccc(-c2nc(S(=O)(=O)c3ccccc3)c(N3CCN(CC)CC3)o2)cc1. The number of benzene rings is 2. The molecule has 8 heteroatoms. The number of sulfone groups is 1. The van der Waals surface area contributed by atoms with Gasteiger partial charge in [0.1, 0.15) is 5.75 Å². The largest absolute Gasteiger partial charge is 0.494 e. The van der Waals surface area contributed by atoms with E-state index in [2.05, 4.69) is 16.8 Å². The fourth-order valence-corrected chi connectivity index (χ4v) is 4.98. The van der Waals surface area contributed by atoms with E-state index in [1.807, 2.05) is 36.1 Å². The minimum absolute atomic E-state index is 0.0347. The Labute approximate surface area is 183 Å². The molecule has 0 radical (unpaired) electrons. The molecule has 0 N–H and O–H groups in total. The van der Waals surface area contributed by atoms with Crippen LogP contribution >= 0.6 is 0 Å². The van der Waals surface area contributed by atoms with Crippen LogP contribution in [0.1, 0.15) is 13.8 Å². The first kappa shape index (κ1) is 21.4. The maximum Gasteiger partial charge on any atom is 0.236 e. The van der Waals surface area contributed by atoms with Gasteiger partial charge in [0.15, 0.2) is 0 Å². The molecule has 0 saturated carbocycles. The summed E-state index contributed by atoms with van der Waals surface area (Å²) in [7, 11) is -3.83. The van der Waals surface area contributed by atoms with Gasteiger partial charge >= 0.3 is 0 Å². The van der Waals surface area contributed by atoms with Gasteiger partial charge in [0, 0.05) is 31.7 Å². The van der Waals surface area contributed by atoms with Crippen molar-refractivity contribution in [3.63, 3.8) is 0 Å². The topological polar surface area (TPSA) is 75.9 Å². The number of hydrogen-bond donors (Lipinski definition) is 0. The van der Waals surface area contributed by atoms with Crippen molar-refractivity contribution in [2.24, 2.45) is 0 Å². The highest BCUT2D eigenvalue weighted by Gasteiger charge is 2.32. The number of nitrogens with zero attached hydrogens (tertiary/aromatic N) is 3. The first-order valence-corrected chi connectivity index (χ1v) is 12.0. The van der Waals surface area contributed by atoms with Crippen LogP contribution in [0.15, 0.2) is 68.9 Å². The van der Waals surface area contributed by atoms with Gasteiger partial charge in [-0.25, -0.2) is 8.42 Å². The van der Waals surface area contributed by atoms with Crippen molar-refractivity contribution >= 4 is 15.7 Å². The number of ether oxygens (including phenoxy) is 1. The molecule has 0 atom stereocenters. The van der Waals surface area contributed by atoms with Crippen LogP contribution < -0.4 is 9.64 Å². The van der Waals surface area contributed by atoms with E-state index in [1.54, 1.807) is 30.3 Å². The summed E-state index contributed by atoms with van der Waals surface area (Å²) >= 11 is 0. The quantitative estimate of drug-likeness (QED) is 0.553. The van der Waals surface area contributed by atoms with E-state index in [1.165, 1.54) is 0 Å². The van der Waals surface area contributed by atoms with Crippen LogP contribution in [0.5, 0.6) is 5.75 Å². The molecule has 0 aliphatic carbocycles. The molecule has 4 rings (SSSR count). The lowest BCUT2D eigenvalue weighted by atomic mass is 10.2. The lowest BCUT2D eigenvalue weighted by Crippen LogP contribution is -2.46. The number of hydrogen-bond acceptors (Lipinski definition) is 7. The van der Waals surface area contributed by atoms with Crippen LogP contribution in [0.3, 0.4) is 0 Å². The van der Waals surface area contributed by atoms with Gasteiger partial charge in [-0.2, -0.15) is 4.98 Å². The Balaban J connectivity index is 1.75. The maximum absolute atomic E-state index is 13.4. The first-order valence-electron chi connectivity index (χ1n) is 10.5. The molecule has 7 nitrogen and oxygen atoms in total. The molecule has 1 aromatic heterocycles. The highest BCUT2D eigenvalue weighted by Crippen LogP contribution is 2.35. The molecular weight excluding hydrogens is 414 g/mol. The summed E-state index contributed by atoms with van der Waals surface area (Å²) in [6, 6.07) is 15.7. The van der Waals surface area contributed by atoms with Crippen LogP contribution in [0.4, 0.5) is 5.88 Å². The van der Waals surface area contributed by atoms with Gasteiger partial charge in [0.25, 0.3) is 0 Å². The number of anilines is 1. The maximum atomic E-state index is 13.4. The minimum Gasteiger partial charge on any atom is -0.494 e. The fourth-order valence-electron chi connectivity index (χ4n) is 3.64. The molecular formula is C23H27N3O4S. The normalized spacial score (nSPS) is 15.2. The van der Waals surface area contributed by atoms with Crippen molar-refractivity contribution in [3.8, 4) is 17.2 Å². The molecule has 1 fully saturated rings. The first-order chi connectivity index (χ1) is 15.0. The van der Waals surface area contributed by atoms with Crippen molar-refractivity contribution in [1.82, 2.24) is 9.88 Å². The molecule has 2 aromatic carbocycles. The van der Waals surface area contributed by atoms with E-state index in [0.29, 0.717) is 31.1 Å². The minimum atomic E-state index is -3.83. The van der Waals surface area contributed by atoms with Crippen molar-refractivity contribution in [3.05, 3.63) is 54.6 Å². The van der Waals surface area contributed by atoms with E-state index in [4.69, 9.17) is 9.15 Å². The van der Waals surface area contributed by atoms with Crippen molar-refractivity contribution in [2.45, 2.75) is 23.8 Å². The van der Waals surface area contributed by atoms with Gasteiger partial charge in [0.05, 0.1) is 11.5 Å². The molecule has 0 bridgehead atoms. The van der Waals surface area contributed by atoms with Crippen LogP contribution in [0.2, 0.25) is 0 Å². The standard InChI is InChI=1S/C23H27N3O4S/c1-3-25-14-16-26(17-15-25)23-22(31(27,28)20-8-6-5-7-9-20)24-21(30-23)18-10-12-19(13-11-18)29-4-2/h5-13H,3-4,14-17H2,1-2H3. The predicted molar refractivity (Wildman–Crippen MR) is 119 cm³/mol. The highest BCUT2D eigenvalue weighted by atomic mass is 32.2. The second kappa shape index (κ2) is 9.11. The zero-order valence-corrected chi connectivity index (χ0v) is 18.6.